The first kappa shape index (κ1) is 25.0. The molecule has 0 aliphatic carbocycles. The van der Waals surface area contributed by atoms with E-state index in [9.17, 15) is 4.79 Å². The molecule has 0 bridgehead atoms. The Labute approximate surface area is 215 Å². The Hall–Kier alpha value is -3.09. The van der Waals surface area contributed by atoms with E-state index < -0.39 is 0 Å². The molecule has 0 aliphatic heterocycles. The van der Waals surface area contributed by atoms with Crippen molar-refractivity contribution in [2.45, 2.75) is 37.5 Å². The highest BCUT2D eigenvalue weighted by Crippen LogP contribution is 2.33. The normalized spacial score (nSPS) is 10.8. The molecule has 6 heteroatoms. The predicted octanol–water partition coefficient (Wildman–Crippen LogP) is 7.95. The van der Waals surface area contributed by atoms with Gasteiger partial charge in [-0.3, -0.25) is 4.79 Å². The van der Waals surface area contributed by atoms with Crippen LogP contribution < -0.4 is 10.1 Å². The number of thioether (sulfide) groups is 1. The number of nitrogens with one attached hydrogen (secondary N) is 1. The van der Waals surface area contributed by atoms with Crippen molar-refractivity contribution >= 4 is 34.1 Å². The molecule has 0 atom stereocenters. The van der Waals surface area contributed by atoms with Gasteiger partial charge in [0.1, 0.15) is 5.75 Å². The van der Waals surface area contributed by atoms with Gasteiger partial charge < -0.3 is 10.1 Å². The second-order valence-corrected chi connectivity index (χ2v) is 10.4. The number of anilines is 1. The van der Waals surface area contributed by atoms with Gasteiger partial charge in [-0.1, -0.05) is 67.9 Å². The Kier molecular flexibility index (Phi) is 8.98. The molecule has 1 heterocycles. The summed E-state index contributed by atoms with van der Waals surface area (Å²) >= 11 is 3.34. The molecule has 0 saturated carbocycles. The summed E-state index contributed by atoms with van der Waals surface area (Å²) in [6.07, 6.45) is 3.27. The number of amides is 1. The molecule has 1 N–H and O–H groups in total. The Bertz CT molecular complexity index is 1220. The SMILES string of the molecule is CCCc1sc(NC(=O)CCCSc2ccc(OC)cc2)nc1-c1ccc(-c2ccccc2)cc1. The molecule has 4 nitrogen and oxygen atoms in total. The predicted molar refractivity (Wildman–Crippen MR) is 149 cm³/mol. The lowest BCUT2D eigenvalue weighted by Gasteiger charge is -2.05. The van der Waals surface area contributed by atoms with E-state index >= 15 is 0 Å². The Morgan fingerprint density at radius 1 is 0.943 bits per heavy atom. The van der Waals surface area contributed by atoms with Crippen LogP contribution >= 0.6 is 23.1 Å². The standard InChI is InChI=1S/C29H30N2O2S2/c1-3-8-26-28(23-14-12-22(13-15-23)21-9-5-4-6-10-21)31-29(35-26)30-27(32)11-7-20-34-25-18-16-24(33-2)17-19-25/h4-6,9-10,12-19H,3,7-8,11,20H2,1-2H3,(H,30,31,32). The van der Waals surface area contributed by atoms with Crippen LogP contribution in [0.15, 0.2) is 83.8 Å². The van der Waals surface area contributed by atoms with Gasteiger partial charge in [0.15, 0.2) is 5.13 Å². The van der Waals surface area contributed by atoms with Crippen LogP contribution in [0.1, 0.15) is 31.1 Å². The fraction of sp³-hybridized carbons (Fsp3) is 0.241. The van der Waals surface area contributed by atoms with E-state index in [-0.39, 0.29) is 5.91 Å². The number of thiazole rings is 1. The number of aromatic nitrogens is 1. The van der Waals surface area contributed by atoms with Crippen LogP contribution in [-0.2, 0) is 11.2 Å². The molecule has 180 valence electrons. The summed E-state index contributed by atoms with van der Waals surface area (Å²) in [5.74, 6) is 1.76. The fourth-order valence-electron chi connectivity index (χ4n) is 3.75. The van der Waals surface area contributed by atoms with Gasteiger partial charge in [0.05, 0.1) is 12.8 Å². The first-order valence-corrected chi connectivity index (χ1v) is 13.7. The van der Waals surface area contributed by atoms with Crippen molar-refractivity contribution in [1.29, 1.82) is 0 Å². The van der Waals surface area contributed by atoms with Crippen molar-refractivity contribution in [2.75, 3.05) is 18.2 Å². The molecule has 0 aliphatic rings. The van der Waals surface area contributed by atoms with Crippen LogP contribution in [0, 0.1) is 0 Å². The van der Waals surface area contributed by atoms with Crippen molar-refractivity contribution in [3.8, 4) is 28.1 Å². The summed E-state index contributed by atoms with van der Waals surface area (Å²) < 4.78 is 5.19. The molecular weight excluding hydrogens is 472 g/mol. The molecule has 0 spiro atoms. The van der Waals surface area contributed by atoms with Crippen LogP contribution in [0.3, 0.4) is 0 Å². The number of carbonyl (C=O) groups excluding carboxylic acids is 1. The Balaban J connectivity index is 1.34. The van der Waals surface area contributed by atoms with Crippen molar-refractivity contribution < 1.29 is 9.53 Å². The van der Waals surface area contributed by atoms with Crippen LogP contribution in [0.4, 0.5) is 5.13 Å². The number of rotatable bonds is 11. The van der Waals surface area contributed by atoms with Gasteiger partial charge in [0, 0.05) is 21.8 Å². The van der Waals surface area contributed by atoms with Gasteiger partial charge >= 0.3 is 0 Å². The summed E-state index contributed by atoms with van der Waals surface area (Å²) in [7, 11) is 1.67. The third-order valence-electron chi connectivity index (χ3n) is 5.56. The average molecular weight is 503 g/mol. The maximum absolute atomic E-state index is 12.6. The molecule has 4 aromatic rings. The lowest BCUT2D eigenvalue weighted by molar-refractivity contribution is -0.116. The zero-order valence-corrected chi connectivity index (χ0v) is 21.8. The van der Waals surface area contributed by atoms with E-state index in [2.05, 4.69) is 60.8 Å². The molecule has 0 radical (unpaired) electrons. The number of methoxy groups -OCH3 is 1. The highest BCUT2D eigenvalue weighted by atomic mass is 32.2. The van der Waals surface area contributed by atoms with Gasteiger partial charge in [-0.05, 0) is 54.0 Å². The molecule has 1 amide bonds. The first-order valence-electron chi connectivity index (χ1n) is 11.9. The number of ether oxygens (including phenoxy) is 1. The van der Waals surface area contributed by atoms with E-state index in [1.54, 1.807) is 30.2 Å². The molecule has 0 unspecified atom stereocenters. The average Bonchev–Trinajstić information content (AvgIpc) is 3.29. The topological polar surface area (TPSA) is 51.2 Å². The zero-order valence-electron chi connectivity index (χ0n) is 20.1. The molecular formula is C29H30N2O2S2. The number of carbonyl (C=O) groups is 1. The number of benzene rings is 3. The summed E-state index contributed by atoms with van der Waals surface area (Å²) in [5.41, 5.74) is 4.44. The molecule has 0 fully saturated rings. The lowest BCUT2D eigenvalue weighted by atomic mass is 10.0. The van der Waals surface area contributed by atoms with E-state index in [0.29, 0.717) is 11.6 Å². The Morgan fingerprint density at radius 3 is 2.31 bits per heavy atom. The number of aryl methyl sites for hydroxylation is 1. The third kappa shape index (κ3) is 6.96. The zero-order chi connectivity index (χ0) is 24.5. The van der Waals surface area contributed by atoms with E-state index in [1.807, 2.05) is 30.3 Å². The lowest BCUT2D eigenvalue weighted by Crippen LogP contribution is -2.11. The highest BCUT2D eigenvalue weighted by Gasteiger charge is 2.15. The molecule has 1 aromatic heterocycles. The Morgan fingerprint density at radius 2 is 1.63 bits per heavy atom. The van der Waals surface area contributed by atoms with E-state index in [1.165, 1.54) is 20.9 Å². The van der Waals surface area contributed by atoms with Gasteiger partial charge in [-0.25, -0.2) is 4.98 Å². The quantitative estimate of drug-likeness (QED) is 0.167. The summed E-state index contributed by atoms with van der Waals surface area (Å²) in [6, 6.07) is 26.9. The second-order valence-electron chi connectivity index (χ2n) is 8.16. The largest absolute Gasteiger partial charge is 0.497 e. The van der Waals surface area contributed by atoms with Crippen LogP contribution in [-0.4, -0.2) is 23.8 Å². The first-order chi connectivity index (χ1) is 17.2. The van der Waals surface area contributed by atoms with E-state index in [4.69, 9.17) is 9.72 Å². The van der Waals surface area contributed by atoms with E-state index in [0.717, 1.165) is 42.0 Å². The van der Waals surface area contributed by atoms with Gasteiger partial charge in [0.25, 0.3) is 0 Å². The van der Waals surface area contributed by atoms with Crippen LogP contribution in [0.5, 0.6) is 5.75 Å². The van der Waals surface area contributed by atoms with Crippen LogP contribution in [0.25, 0.3) is 22.4 Å². The fourth-order valence-corrected chi connectivity index (χ4v) is 5.71. The monoisotopic (exact) mass is 502 g/mol. The van der Waals surface area contributed by atoms with Gasteiger partial charge in [-0.15, -0.1) is 23.1 Å². The molecule has 0 saturated heterocycles. The van der Waals surface area contributed by atoms with Crippen molar-refractivity contribution in [1.82, 2.24) is 4.98 Å². The maximum atomic E-state index is 12.6. The minimum absolute atomic E-state index is 0.0168. The van der Waals surface area contributed by atoms with Gasteiger partial charge in [-0.2, -0.15) is 0 Å². The van der Waals surface area contributed by atoms with Gasteiger partial charge in [0.2, 0.25) is 5.91 Å². The second kappa shape index (κ2) is 12.6. The third-order valence-corrected chi connectivity index (χ3v) is 7.69. The number of hydrogen-bond acceptors (Lipinski definition) is 5. The highest BCUT2D eigenvalue weighted by molar-refractivity contribution is 7.99. The molecule has 3 aromatic carbocycles. The van der Waals surface area contributed by atoms with Crippen molar-refractivity contribution in [2.24, 2.45) is 0 Å². The summed E-state index contributed by atoms with van der Waals surface area (Å²) in [5, 5.41) is 3.71. The number of nitrogens with zero attached hydrogens (tertiary/aromatic N) is 1. The number of hydrogen-bond donors (Lipinski definition) is 1. The smallest absolute Gasteiger partial charge is 0.226 e. The van der Waals surface area contributed by atoms with Crippen molar-refractivity contribution in [3.63, 3.8) is 0 Å². The van der Waals surface area contributed by atoms with Crippen molar-refractivity contribution in [3.05, 3.63) is 83.7 Å². The minimum Gasteiger partial charge on any atom is -0.497 e. The minimum atomic E-state index is 0.0168. The molecule has 4 rings (SSSR count). The summed E-state index contributed by atoms with van der Waals surface area (Å²) in [6.45, 7) is 2.17. The van der Waals surface area contributed by atoms with Crippen LogP contribution in [0.2, 0.25) is 0 Å². The summed E-state index contributed by atoms with van der Waals surface area (Å²) in [4.78, 5) is 19.7. The maximum Gasteiger partial charge on any atom is 0.226 e. The molecule has 35 heavy (non-hydrogen) atoms.